The molecule has 1 aromatic carbocycles. The van der Waals surface area contributed by atoms with Crippen molar-refractivity contribution in [1.29, 1.82) is 0 Å². The predicted molar refractivity (Wildman–Crippen MR) is 114 cm³/mol. The Hall–Kier alpha value is -2.23. The van der Waals surface area contributed by atoms with Gasteiger partial charge < -0.3 is 9.80 Å². The van der Waals surface area contributed by atoms with Gasteiger partial charge in [0.25, 0.3) is 5.91 Å². The summed E-state index contributed by atoms with van der Waals surface area (Å²) in [4.78, 5) is 20.7. The quantitative estimate of drug-likeness (QED) is 0.671. The Bertz CT molecular complexity index is 1010. The number of aromatic nitrogens is 1. The van der Waals surface area contributed by atoms with E-state index in [1.54, 1.807) is 32.2 Å². The third kappa shape index (κ3) is 4.58. The van der Waals surface area contributed by atoms with Gasteiger partial charge in [-0.1, -0.05) is 25.4 Å². The number of benzene rings is 1. The number of sulfonamides is 1. The molecule has 7 nitrogen and oxygen atoms in total. The van der Waals surface area contributed by atoms with Crippen molar-refractivity contribution in [1.82, 2.24) is 14.2 Å². The molecule has 162 valence electrons. The first-order valence-electron chi connectivity index (χ1n) is 9.73. The molecular formula is C20H24ClFN4O3S. The van der Waals surface area contributed by atoms with Gasteiger partial charge in [0.2, 0.25) is 10.0 Å². The van der Waals surface area contributed by atoms with Gasteiger partial charge in [0.1, 0.15) is 11.6 Å². The second-order valence-corrected chi connectivity index (χ2v) is 9.22. The highest BCUT2D eigenvalue weighted by Gasteiger charge is 2.28. The second kappa shape index (κ2) is 9.28. The first-order valence-corrected chi connectivity index (χ1v) is 11.5. The minimum Gasteiger partial charge on any atom is -0.353 e. The van der Waals surface area contributed by atoms with Crippen LogP contribution in [0.15, 0.2) is 41.4 Å². The van der Waals surface area contributed by atoms with E-state index >= 15 is 0 Å². The highest BCUT2D eigenvalue weighted by atomic mass is 35.5. The molecule has 30 heavy (non-hydrogen) atoms. The lowest BCUT2D eigenvalue weighted by atomic mass is 10.1. The van der Waals surface area contributed by atoms with E-state index in [4.69, 9.17) is 11.6 Å². The van der Waals surface area contributed by atoms with Gasteiger partial charge in [0.05, 0.1) is 15.5 Å². The van der Waals surface area contributed by atoms with Gasteiger partial charge in [-0.15, -0.1) is 0 Å². The standard InChI is InChI=1S/C20H24ClFN4O3S/c1-3-26(4-2)30(28,29)16-6-7-18(22)17(13-16)20(27)25-11-9-24(10-12-25)19-8-5-15(21)14-23-19/h5-8,13-14H,3-4,9-12H2,1-2H3. The normalized spacial score (nSPS) is 15.0. The summed E-state index contributed by atoms with van der Waals surface area (Å²) in [7, 11) is -3.78. The van der Waals surface area contributed by atoms with Gasteiger partial charge >= 0.3 is 0 Å². The first-order chi connectivity index (χ1) is 14.3. The second-order valence-electron chi connectivity index (χ2n) is 6.84. The van der Waals surface area contributed by atoms with Gasteiger partial charge in [-0.2, -0.15) is 4.31 Å². The van der Waals surface area contributed by atoms with E-state index in [9.17, 15) is 17.6 Å². The number of hydrogen-bond donors (Lipinski definition) is 0. The molecule has 1 aromatic heterocycles. The van der Waals surface area contributed by atoms with E-state index in [1.807, 2.05) is 4.90 Å². The molecule has 0 radical (unpaired) electrons. The molecule has 0 N–H and O–H groups in total. The molecule has 10 heteroatoms. The van der Waals surface area contributed by atoms with E-state index < -0.39 is 21.7 Å². The summed E-state index contributed by atoms with van der Waals surface area (Å²) in [6.45, 7) is 5.84. The van der Waals surface area contributed by atoms with Crippen molar-refractivity contribution < 1.29 is 17.6 Å². The Kier molecular flexibility index (Phi) is 6.95. The van der Waals surface area contributed by atoms with E-state index in [2.05, 4.69) is 4.98 Å². The number of rotatable bonds is 6. The SMILES string of the molecule is CCN(CC)S(=O)(=O)c1ccc(F)c(C(=O)N2CCN(c3ccc(Cl)cn3)CC2)c1. The molecule has 3 rings (SSSR count). The van der Waals surface area contributed by atoms with Gasteiger partial charge in [-0.05, 0) is 30.3 Å². The van der Waals surface area contributed by atoms with E-state index in [0.717, 1.165) is 18.0 Å². The summed E-state index contributed by atoms with van der Waals surface area (Å²) in [5.74, 6) is -0.502. The van der Waals surface area contributed by atoms with Crippen molar-refractivity contribution in [3.8, 4) is 0 Å². The molecule has 0 spiro atoms. The van der Waals surface area contributed by atoms with Crippen LogP contribution in [0.4, 0.5) is 10.2 Å². The van der Waals surface area contributed by atoms with Crippen LogP contribution < -0.4 is 4.90 Å². The molecule has 2 aromatic rings. The maximum Gasteiger partial charge on any atom is 0.256 e. The minimum atomic E-state index is -3.78. The van der Waals surface area contributed by atoms with Crippen LogP contribution in [-0.2, 0) is 10.0 Å². The fourth-order valence-corrected chi connectivity index (χ4v) is 5.00. The maximum atomic E-state index is 14.4. The maximum absolute atomic E-state index is 14.4. The van der Waals surface area contributed by atoms with Crippen LogP contribution in [0.1, 0.15) is 24.2 Å². The van der Waals surface area contributed by atoms with Crippen LogP contribution in [0.25, 0.3) is 0 Å². The molecule has 1 saturated heterocycles. The number of carbonyl (C=O) groups is 1. The van der Waals surface area contributed by atoms with Gasteiger partial charge in [0.15, 0.2) is 0 Å². The number of anilines is 1. The van der Waals surface area contributed by atoms with Gasteiger partial charge in [-0.3, -0.25) is 4.79 Å². The molecule has 1 fully saturated rings. The summed E-state index contributed by atoms with van der Waals surface area (Å²) in [5, 5.41) is 0.544. The molecule has 2 heterocycles. The summed E-state index contributed by atoms with van der Waals surface area (Å²) >= 11 is 5.87. The fourth-order valence-electron chi connectivity index (χ4n) is 3.41. The monoisotopic (exact) mass is 454 g/mol. The molecule has 0 aliphatic carbocycles. The number of halogens is 2. The molecule has 1 aliphatic rings. The topological polar surface area (TPSA) is 73.8 Å². The number of amides is 1. The predicted octanol–water partition coefficient (Wildman–Crippen LogP) is 2.87. The molecule has 0 saturated carbocycles. The first kappa shape index (κ1) is 22.5. The van der Waals surface area contributed by atoms with Crippen LogP contribution in [0, 0.1) is 5.82 Å². The summed E-state index contributed by atoms with van der Waals surface area (Å²) in [5.41, 5.74) is -0.235. The van der Waals surface area contributed by atoms with Crippen LogP contribution in [0.5, 0.6) is 0 Å². The molecule has 0 unspecified atom stereocenters. The van der Waals surface area contributed by atoms with Crippen LogP contribution in [-0.4, -0.2) is 67.8 Å². The van der Waals surface area contributed by atoms with Crippen molar-refractivity contribution in [3.63, 3.8) is 0 Å². The Morgan fingerprint density at radius 2 is 1.80 bits per heavy atom. The van der Waals surface area contributed by atoms with Crippen LogP contribution in [0.2, 0.25) is 5.02 Å². The Morgan fingerprint density at radius 1 is 1.13 bits per heavy atom. The molecule has 1 amide bonds. The van der Waals surface area contributed by atoms with Gasteiger partial charge in [-0.25, -0.2) is 17.8 Å². The van der Waals surface area contributed by atoms with Crippen molar-refractivity contribution in [2.45, 2.75) is 18.7 Å². The number of nitrogens with zero attached hydrogens (tertiary/aromatic N) is 4. The number of pyridine rings is 1. The number of hydrogen-bond acceptors (Lipinski definition) is 5. The highest BCUT2D eigenvalue weighted by Crippen LogP contribution is 2.22. The average molecular weight is 455 g/mol. The van der Waals surface area contributed by atoms with Gasteiger partial charge in [0, 0.05) is 45.5 Å². The van der Waals surface area contributed by atoms with Crippen molar-refractivity contribution in [2.24, 2.45) is 0 Å². The van der Waals surface area contributed by atoms with Crippen molar-refractivity contribution >= 4 is 33.3 Å². The molecular weight excluding hydrogens is 431 g/mol. The summed E-state index contributed by atoms with van der Waals surface area (Å²) in [6, 6.07) is 6.93. The Morgan fingerprint density at radius 3 is 2.37 bits per heavy atom. The minimum absolute atomic E-state index is 0.0834. The third-order valence-corrected chi connectivity index (χ3v) is 7.38. The number of piperazine rings is 1. The molecule has 1 aliphatic heterocycles. The van der Waals surface area contributed by atoms with Crippen molar-refractivity contribution in [3.05, 3.63) is 52.9 Å². The average Bonchev–Trinajstić information content (AvgIpc) is 2.75. The smallest absolute Gasteiger partial charge is 0.256 e. The Labute approximate surface area is 181 Å². The lowest BCUT2D eigenvalue weighted by Crippen LogP contribution is -2.49. The zero-order valence-corrected chi connectivity index (χ0v) is 18.5. The van der Waals surface area contributed by atoms with Crippen LogP contribution in [0.3, 0.4) is 0 Å². The molecule has 0 atom stereocenters. The largest absolute Gasteiger partial charge is 0.353 e. The van der Waals surface area contributed by atoms with Crippen LogP contribution >= 0.6 is 11.6 Å². The molecule has 0 bridgehead atoms. The highest BCUT2D eigenvalue weighted by molar-refractivity contribution is 7.89. The van der Waals surface area contributed by atoms with E-state index in [1.165, 1.54) is 15.3 Å². The zero-order chi connectivity index (χ0) is 21.9. The number of carbonyl (C=O) groups excluding carboxylic acids is 1. The van der Waals surface area contributed by atoms with E-state index in [0.29, 0.717) is 44.3 Å². The summed E-state index contributed by atoms with van der Waals surface area (Å²) in [6.07, 6.45) is 1.56. The van der Waals surface area contributed by atoms with Crippen molar-refractivity contribution in [2.75, 3.05) is 44.2 Å². The lowest BCUT2D eigenvalue weighted by molar-refractivity contribution is 0.0741. The third-order valence-electron chi connectivity index (χ3n) is 5.11. The lowest BCUT2D eigenvalue weighted by Gasteiger charge is -2.35. The summed E-state index contributed by atoms with van der Waals surface area (Å²) < 4.78 is 41.2. The Balaban J connectivity index is 1.76. The van der Waals surface area contributed by atoms with E-state index in [-0.39, 0.29) is 10.5 Å². The fraction of sp³-hybridized carbons (Fsp3) is 0.400. The zero-order valence-electron chi connectivity index (χ0n) is 16.9.